The lowest BCUT2D eigenvalue weighted by Crippen LogP contribution is -2.29. The average molecular weight is 447 g/mol. The van der Waals surface area contributed by atoms with E-state index in [-0.39, 0.29) is 5.91 Å². The summed E-state index contributed by atoms with van der Waals surface area (Å²) in [5, 5.41) is 3.80. The first kappa shape index (κ1) is 20.9. The van der Waals surface area contributed by atoms with Gasteiger partial charge in [0.1, 0.15) is 12.5 Å². The van der Waals surface area contributed by atoms with Gasteiger partial charge in [0.2, 0.25) is 0 Å². The van der Waals surface area contributed by atoms with Crippen molar-refractivity contribution >= 4 is 34.5 Å². The number of benzene rings is 2. The zero-order chi connectivity index (χ0) is 22.1. The number of nitrogens with one attached hydrogen (secondary N) is 1. The van der Waals surface area contributed by atoms with Crippen molar-refractivity contribution in [2.75, 3.05) is 23.3 Å². The van der Waals surface area contributed by atoms with E-state index in [0.717, 1.165) is 52.9 Å². The Balaban J connectivity index is 1.40. The standard InChI is InChI=1S/C27H27ClN2O2/c1-2-22-23-15-20(28)10-9-19(23)14-24(22)27(31)29-26-17-32-16-25(26)18-7-6-8-21(13-18)30-11-4-3-5-12-30/h6-10,13,15-17H,2-5,11-12,14H2,1H3,(H,29,31). The summed E-state index contributed by atoms with van der Waals surface area (Å²) in [5.74, 6) is -0.0796. The number of amides is 1. The van der Waals surface area contributed by atoms with Gasteiger partial charge in [-0.15, -0.1) is 0 Å². The minimum absolute atomic E-state index is 0.0796. The van der Waals surface area contributed by atoms with Gasteiger partial charge in [0.15, 0.2) is 0 Å². The van der Waals surface area contributed by atoms with E-state index in [1.165, 1.54) is 24.9 Å². The van der Waals surface area contributed by atoms with E-state index in [2.05, 4.69) is 41.4 Å². The van der Waals surface area contributed by atoms with E-state index in [1.807, 2.05) is 18.2 Å². The van der Waals surface area contributed by atoms with E-state index in [9.17, 15) is 4.79 Å². The maximum atomic E-state index is 13.3. The number of furan rings is 1. The molecule has 0 unspecified atom stereocenters. The van der Waals surface area contributed by atoms with Crippen LogP contribution in [0, 0.1) is 0 Å². The molecule has 4 nitrogen and oxygen atoms in total. The lowest BCUT2D eigenvalue weighted by atomic mass is 10.0. The lowest BCUT2D eigenvalue weighted by Gasteiger charge is -2.29. The number of anilines is 2. The van der Waals surface area contributed by atoms with Crippen LogP contribution in [0.4, 0.5) is 11.4 Å². The second kappa shape index (κ2) is 8.87. The fraction of sp³-hybridized carbons (Fsp3) is 0.296. The van der Waals surface area contributed by atoms with Crippen LogP contribution in [0.1, 0.15) is 43.7 Å². The maximum absolute atomic E-state index is 13.3. The molecule has 0 spiro atoms. The molecule has 5 heteroatoms. The SMILES string of the molecule is CCC1=C(C(=O)Nc2cocc2-c2cccc(N3CCCCC3)c2)Cc2ccc(Cl)cc21. The van der Waals surface area contributed by atoms with Crippen molar-refractivity contribution < 1.29 is 9.21 Å². The van der Waals surface area contributed by atoms with Crippen LogP contribution in [0.25, 0.3) is 16.7 Å². The Labute approximate surface area is 193 Å². The fourth-order valence-electron chi connectivity index (χ4n) is 4.90. The van der Waals surface area contributed by atoms with E-state index < -0.39 is 0 Å². The Hall–Kier alpha value is -2.98. The van der Waals surface area contributed by atoms with Gasteiger partial charge < -0.3 is 14.6 Å². The lowest BCUT2D eigenvalue weighted by molar-refractivity contribution is -0.112. The number of fused-ring (bicyclic) bond motifs is 1. The summed E-state index contributed by atoms with van der Waals surface area (Å²) in [4.78, 5) is 15.7. The molecule has 2 aromatic carbocycles. The number of allylic oxidation sites excluding steroid dienone is 1. The van der Waals surface area contributed by atoms with Crippen molar-refractivity contribution in [1.82, 2.24) is 0 Å². The maximum Gasteiger partial charge on any atom is 0.252 e. The second-order valence-corrected chi connectivity index (χ2v) is 8.98. The summed E-state index contributed by atoms with van der Waals surface area (Å²) in [6.07, 6.45) is 8.51. The third-order valence-electron chi connectivity index (χ3n) is 6.54. The monoisotopic (exact) mass is 446 g/mol. The number of rotatable bonds is 5. The van der Waals surface area contributed by atoms with Gasteiger partial charge in [0.25, 0.3) is 5.91 Å². The number of nitrogens with zero attached hydrogens (tertiary/aromatic N) is 1. The summed E-state index contributed by atoms with van der Waals surface area (Å²) in [7, 11) is 0. The highest BCUT2D eigenvalue weighted by molar-refractivity contribution is 6.31. The van der Waals surface area contributed by atoms with Gasteiger partial charge in [-0.05, 0) is 72.2 Å². The minimum atomic E-state index is -0.0796. The van der Waals surface area contributed by atoms with Gasteiger partial charge in [0, 0.05) is 41.4 Å². The predicted octanol–water partition coefficient (Wildman–Crippen LogP) is 6.95. The average Bonchev–Trinajstić information content (AvgIpc) is 3.43. The van der Waals surface area contributed by atoms with Crippen LogP contribution in [0.3, 0.4) is 0 Å². The molecule has 5 rings (SSSR count). The molecule has 1 aromatic heterocycles. The van der Waals surface area contributed by atoms with E-state index in [0.29, 0.717) is 17.1 Å². The molecule has 164 valence electrons. The van der Waals surface area contributed by atoms with Gasteiger partial charge in [-0.25, -0.2) is 0 Å². The van der Waals surface area contributed by atoms with Crippen LogP contribution in [-0.4, -0.2) is 19.0 Å². The molecule has 2 aliphatic rings. The van der Waals surface area contributed by atoms with Crippen LogP contribution in [0.2, 0.25) is 5.02 Å². The number of hydrogen-bond acceptors (Lipinski definition) is 3. The molecule has 0 atom stereocenters. The Kier molecular flexibility index (Phi) is 5.79. The molecule has 1 aliphatic heterocycles. The van der Waals surface area contributed by atoms with Gasteiger partial charge in [-0.1, -0.05) is 36.7 Å². The van der Waals surface area contributed by atoms with Gasteiger partial charge in [-0.3, -0.25) is 4.79 Å². The highest BCUT2D eigenvalue weighted by Gasteiger charge is 2.26. The third-order valence-corrected chi connectivity index (χ3v) is 6.78. The molecular formula is C27H27ClN2O2. The highest BCUT2D eigenvalue weighted by atomic mass is 35.5. The van der Waals surface area contributed by atoms with Gasteiger partial charge in [-0.2, -0.15) is 0 Å². The zero-order valence-electron chi connectivity index (χ0n) is 18.3. The van der Waals surface area contributed by atoms with Gasteiger partial charge in [0.05, 0.1) is 5.69 Å². The number of carbonyl (C=O) groups excluding carboxylic acids is 1. The highest BCUT2D eigenvalue weighted by Crippen LogP contribution is 2.38. The summed E-state index contributed by atoms with van der Waals surface area (Å²) in [6.45, 7) is 4.27. The molecule has 0 saturated carbocycles. The molecule has 1 saturated heterocycles. The zero-order valence-corrected chi connectivity index (χ0v) is 19.0. The number of halogens is 1. The van der Waals surface area contributed by atoms with E-state index in [1.54, 1.807) is 12.5 Å². The molecule has 2 heterocycles. The first-order chi connectivity index (χ1) is 15.6. The van der Waals surface area contributed by atoms with Crippen molar-refractivity contribution in [1.29, 1.82) is 0 Å². The quantitative estimate of drug-likeness (QED) is 0.461. The first-order valence-corrected chi connectivity index (χ1v) is 11.8. The van der Waals surface area contributed by atoms with Crippen LogP contribution in [-0.2, 0) is 11.2 Å². The Bertz CT molecular complexity index is 1190. The largest absolute Gasteiger partial charge is 0.470 e. The Morgan fingerprint density at radius 2 is 1.91 bits per heavy atom. The topological polar surface area (TPSA) is 45.5 Å². The van der Waals surface area contributed by atoms with E-state index in [4.69, 9.17) is 16.0 Å². The summed E-state index contributed by atoms with van der Waals surface area (Å²) in [6, 6.07) is 14.4. The minimum Gasteiger partial charge on any atom is -0.470 e. The first-order valence-electron chi connectivity index (χ1n) is 11.4. The smallest absolute Gasteiger partial charge is 0.252 e. The molecule has 1 amide bonds. The van der Waals surface area contributed by atoms with E-state index >= 15 is 0 Å². The van der Waals surface area contributed by atoms with Gasteiger partial charge >= 0.3 is 0 Å². The number of piperidine rings is 1. The summed E-state index contributed by atoms with van der Waals surface area (Å²) < 4.78 is 5.52. The third kappa shape index (κ3) is 3.95. The Morgan fingerprint density at radius 3 is 2.72 bits per heavy atom. The van der Waals surface area contributed by atoms with Crippen LogP contribution >= 0.6 is 11.6 Å². The van der Waals surface area contributed by atoms with Crippen molar-refractivity contribution in [3.63, 3.8) is 0 Å². The van der Waals surface area contributed by atoms with Crippen molar-refractivity contribution in [3.8, 4) is 11.1 Å². The molecular weight excluding hydrogens is 420 g/mol. The normalized spacial score (nSPS) is 15.8. The second-order valence-electron chi connectivity index (χ2n) is 8.54. The van der Waals surface area contributed by atoms with Crippen LogP contribution < -0.4 is 10.2 Å². The fourth-order valence-corrected chi connectivity index (χ4v) is 5.07. The van der Waals surface area contributed by atoms with Crippen molar-refractivity contribution in [2.45, 2.75) is 39.0 Å². The molecule has 3 aromatic rings. The van der Waals surface area contributed by atoms with Crippen molar-refractivity contribution in [2.24, 2.45) is 0 Å². The number of carbonyl (C=O) groups is 1. The van der Waals surface area contributed by atoms with Crippen LogP contribution in [0.5, 0.6) is 0 Å². The van der Waals surface area contributed by atoms with Crippen LogP contribution in [0.15, 0.2) is 65.0 Å². The Morgan fingerprint density at radius 1 is 1.06 bits per heavy atom. The molecule has 32 heavy (non-hydrogen) atoms. The molecule has 1 fully saturated rings. The predicted molar refractivity (Wildman–Crippen MR) is 131 cm³/mol. The molecule has 0 radical (unpaired) electrons. The molecule has 0 bridgehead atoms. The number of hydrogen-bond donors (Lipinski definition) is 1. The molecule has 1 aliphatic carbocycles. The molecule has 1 N–H and O–H groups in total. The summed E-state index contributed by atoms with van der Waals surface area (Å²) >= 11 is 6.21. The van der Waals surface area contributed by atoms with Crippen molar-refractivity contribution in [3.05, 3.63) is 76.7 Å². The summed E-state index contributed by atoms with van der Waals surface area (Å²) in [5.41, 5.74) is 7.97.